The Morgan fingerprint density at radius 2 is 2.07 bits per heavy atom. The Balaban J connectivity index is 1.96. The van der Waals surface area contributed by atoms with E-state index in [0.717, 1.165) is 18.2 Å². The second-order valence-corrected chi connectivity index (χ2v) is 6.02. The van der Waals surface area contributed by atoms with Gasteiger partial charge in [-0.05, 0) is 18.6 Å². The highest BCUT2D eigenvalue weighted by atomic mass is 16.6. The van der Waals surface area contributed by atoms with Gasteiger partial charge in [-0.2, -0.15) is 5.10 Å². The first-order valence-corrected chi connectivity index (χ1v) is 8.55. The smallest absolute Gasteiger partial charge is 0.315 e. The number of phenols is 1. The minimum absolute atomic E-state index is 0.0558. The molecule has 0 atom stereocenters. The fraction of sp³-hybridized carbons (Fsp3) is 0.211. The number of benzene rings is 2. The molecular weight excluding hydrogens is 364 g/mol. The number of nitrogens with zero attached hydrogens (tertiary/aromatic N) is 4. The summed E-state index contributed by atoms with van der Waals surface area (Å²) >= 11 is 0. The number of carbonyl (C=O) groups is 1. The number of hydrogen-bond donors (Lipinski definition) is 1. The maximum atomic E-state index is 12.7. The second-order valence-electron chi connectivity index (χ2n) is 6.02. The SMILES string of the molecule is CCCN1C(=O)/C(=N/N=C\c2cc(OC)c(O)c([N+](=O)[O-])c2)c2ccccc21. The molecule has 0 aromatic heterocycles. The first-order chi connectivity index (χ1) is 13.5. The summed E-state index contributed by atoms with van der Waals surface area (Å²) in [6.07, 6.45) is 2.06. The molecule has 9 nitrogen and oxygen atoms in total. The average Bonchev–Trinajstić information content (AvgIpc) is 2.95. The predicted octanol–water partition coefficient (Wildman–Crippen LogP) is 2.89. The quantitative estimate of drug-likeness (QED) is 0.468. The van der Waals surface area contributed by atoms with E-state index in [1.54, 1.807) is 11.0 Å². The molecule has 1 aliphatic heterocycles. The van der Waals surface area contributed by atoms with E-state index in [-0.39, 0.29) is 17.4 Å². The minimum Gasteiger partial charge on any atom is -0.500 e. The number of hydrogen-bond acceptors (Lipinski definition) is 7. The van der Waals surface area contributed by atoms with E-state index in [1.165, 1.54) is 19.4 Å². The first-order valence-electron chi connectivity index (χ1n) is 8.55. The molecule has 0 saturated carbocycles. The first kappa shape index (κ1) is 19.0. The van der Waals surface area contributed by atoms with Gasteiger partial charge in [0, 0.05) is 23.7 Å². The topological polar surface area (TPSA) is 118 Å². The van der Waals surface area contributed by atoms with Gasteiger partial charge >= 0.3 is 5.69 Å². The summed E-state index contributed by atoms with van der Waals surface area (Å²) < 4.78 is 4.95. The average molecular weight is 382 g/mol. The van der Waals surface area contributed by atoms with Crippen molar-refractivity contribution in [1.29, 1.82) is 0 Å². The third-order valence-corrected chi connectivity index (χ3v) is 4.20. The van der Waals surface area contributed by atoms with Crippen molar-refractivity contribution in [2.24, 2.45) is 10.2 Å². The molecule has 1 amide bonds. The van der Waals surface area contributed by atoms with Crippen LogP contribution in [0.2, 0.25) is 0 Å². The Morgan fingerprint density at radius 3 is 2.75 bits per heavy atom. The predicted molar refractivity (Wildman–Crippen MR) is 105 cm³/mol. The van der Waals surface area contributed by atoms with Crippen LogP contribution in [0.5, 0.6) is 11.5 Å². The summed E-state index contributed by atoms with van der Waals surface area (Å²) in [5, 5.41) is 28.9. The third kappa shape index (κ3) is 3.41. The number of fused-ring (bicyclic) bond motifs is 1. The summed E-state index contributed by atoms with van der Waals surface area (Å²) in [7, 11) is 1.29. The van der Waals surface area contributed by atoms with E-state index >= 15 is 0 Å². The lowest BCUT2D eigenvalue weighted by molar-refractivity contribution is -0.386. The molecule has 0 spiro atoms. The second kappa shape index (κ2) is 7.87. The summed E-state index contributed by atoms with van der Waals surface area (Å²) in [6.45, 7) is 2.55. The van der Waals surface area contributed by atoms with Crippen LogP contribution in [-0.2, 0) is 4.79 Å². The van der Waals surface area contributed by atoms with Crippen molar-refractivity contribution in [3.05, 3.63) is 57.6 Å². The Kier molecular flexibility index (Phi) is 5.35. The van der Waals surface area contributed by atoms with E-state index in [1.807, 2.05) is 25.1 Å². The zero-order valence-corrected chi connectivity index (χ0v) is 15.3. The van der Waals surface area contributed by atoms with Gasteiger partial charge in [0.2, 0.25) is 5.75 Å². The molecule has 144 valence electrons. The molecule has 2 aromatic rings. The van der Waals surface area contributed by atoms with Crippen LogP contribution in [0.1, 0.15) is 24.5 Å². The van der Waals surface area contributed by atoms with Gasteiger partial charge in [0.1, 0.15) is 0 Å². The number of anilines is 1. The van der Waals surface area contributed by atoms with Gasteiger partial charge in [-0.3, -0.25) is 14.9 Å². The number of phenolic OH excluding ortho intramolecular Hbond substituents is 1. The summed E-state index contributed by atoms with van der Waals surface area (Å²) in [6, 6.07) is 9.85. The van der Waals surface area contributed by atoms with Gasteiger partial charge in [0.05, 0.1) is 23.9 Å². The summed E-state index contributed by atoms with van der Waals surface area (Å²) in [5.74, 6) is -0.861. The standard InChI is InChI=1S/C19H18N4O5/c1-3-8-22-14-7-5-4-6-13(14)17(19(22)25)21-20-11-12-9-15(23(26)27)18(24)16(10-12)28-2/h4-7,9-11,24H,3,8H2,1-2H3/b20-11-,21-17+. The van der Waals surface area contributed by atoms with Gasteiger partial charge in [-0.1, -0.05) is 25.1 Å². The maximum Gasteiger partial charge on any atom is 0.315 e. The summed E-state index contributed by atoms with van der Waals surface area (Å²) in [4.78, 5) is 24.7. The number of ether oxygens (including phenoxy) is 1. The number of methoxy groups -OCH3 is 1. The fourth-order valence-electron chi connectivity index (χ4n) is 2.94. The zero-order chi connectivity index (χ0) is 20.3. The number of nitro groups is 1. The molecule has 28 heavy (non-hydrogen) atoms. The van der Waals surface area contributed by atoms with Crippen LogP contribution in [0.4, 0.5) is 11.4 Å². The molecule has 3 rings (SSSR count). The molecule has 9 heteroatoms. The van der Waals surface area contributed by atoms with E-state index in [2.05, 4.69) is 10.2 Å². The van der Waals surface area contributed by atoms with Crippen molar-refractivity contribution in [1.82, 2.24) is 0 Å². The third-order valence-electron chi connectivity index (χ3n) is 4.20. The number of amides is 1. The highest BCUT2D eigenvalue weighted by Gasteiger charge is 2.33. The lowest BCUT2D eigenvalue weighted by Crippen LogP contribution is -2.30. The van der Waals surface area contributed by atoms with Crippen LogP contribution in [0.15, 0.2) is 46.6 Å². The van der Waals surface area contributed by atoms with Crippen LogP contribution in [0, 0.1) is 10.1 Å². The van der Waals surface area contributed by atoms with Crippen LogP contribution < -0.4 is 9.64 Å². The lowest BCUT2D eigenvalue weighted by Gasteiger charge is -2.14. The Labute approximate surface area is 160 Å². The van der Waals surface area contributed by atoms with Crippen molar-refractivity contribution in [2.45, 2.75) is 13.3 Å². The van der Waals surface area contributed by atoms with Crippen LogP contribution in [0.25, 0.3) is 0 Å². The molecule has 0 bridgehead atoms. The Bertz CT molecular complexity index is 1000. The van der Waals surface area contributed by atoms with Gasteiger partial charge < -0.3 is 14.7 Å². The molecule has 0 aliphatic carbocycles. The van der Waals surface area contributed by atoms with E-state index in [9.17, 15) is 20.0 Å². The molecule has 0 radical (unpaired) electrons. The van der Waals surface area contributed by atoms with Gasteiger partial charge in [-0.25, -0.2) is 0 Å². The maximum absolute atomic E-state index is 12.7. The Hall–Kier alpha value is -3.75. The van der Waals surface area contributed by atoms with Crippen molar-refractivity contribution >= 4 is 29.2 Å². The molecule has 1 N–H and O–H groups in total. The minimum atomic E-state index is -0.722. The molecule has 1 heterocycles. The van der Waals surface area contributed by atoms with E-state index < -0.39 is 16.4 Å². The van der Waals surface area contributed by atoms with Gasteiger partial charge in [0.25, 0.3) is 5.91 Å². The molecule has 0 fully saturated rings. The van der Waals surface area contributed by atoms with Gasteiger partial charge in [-0.15, -0.1) is 5.10 Å². The van der Waals surface area contributed by atoms with Crippen molar-refractivity contribution in [2.75, 3.05) is 18.6 Å². The van der Waals surface area contributed by atoms with Crippen molar-refractivity contribution < 1.29 is 19.6 Å². The number of para-hydroxylation sites is 1. The molecular formula is C19H18N4O5. The molecule has 2 aromatic carbocycles. The van der Waals surface area contributed by atoms with Crippen molar-refractivity contribution in [3.63, 3.8) is 0 Å². The normalized spacial score (nSPS) is 14.7. The van der Waals surface area contributed by atoms with E-state index in [4.69, 9.17) is 4.74 Å². The van der Waals surface area contributed by atoms with Crippen LogP contribution in [0.3, 0.4) is 0 Å². The Morgan fingerprint density at radius 1 is 1.32 bits per heavy atom. The molecule has 0 saturated heterocycles. The van der Waals surface area contributed by atoms with E-state index in [0.29, 0.717) is 17.7 Å². The van der Waals surface area contributed by atoms with Crippen LogP contribution >= 0.6 is 0 Å². The number of aromatic hydroxyl groups is 1. The zero-order valence-electron chi connectivity index (χ0n) is 15.3. The monoisotopic (exact) mass is 382 g/mol. The van der Waals surface area contributed by atoms with Crippen molar-refractivity contribution in [3.8, 4) is 11.5 Å². The molecule has 1 aliphatic rings. The largest absolute Gasteiger partial charge is 0.500 e. The lowest BCUT2D eigenvalue weighted by atomic mass is 10.1. The number of rotatable bonds is 6. The highest BCUT2D eigenvalue weighted by molar-refractivity contribution is 6.54. The van der Waals surface area contributed by atoms with Crippen LogP contribution in [-0.4, -0.2) is 41.5 Å². The highest BCUT2D eigenvalue weighted by Crippen LogP contribution is 2.36. The summed E-state index contributed by atoms with van der Waals surface area (Å²) in [5.41, 5.74) is 1.47. The number of carbonyl (C=O) groups excluding carboxylic acids is 1. The molecule has 0 unspecified atom stereocenters. The fourth-order valence-corrected chi connectivity index (χ4v) is 2.94. The number of nitro benzene ring substituents is 1. The van der Waals surface area contributed by atoms with Gasteiger partial charge in [0.15, 0.2) is 11.5 Å².